The fourth-order valence-electron chi connectivity index (χ4n) is 2.94. The summed E-state index contributed by atoms with van der Waals surface area (Å²) < 4.78 is 30.4. The molecule has 2 aromatic rings. The van der Waals surface area contributed by atoms with Gasteiger partial charge in [-0.1, -0.05) is 65.7 Å². The molecule has 0 saturated carbocycles. The van der Waals surface area contributed by atoms with Gasteiger partial charge in [-0.3, -0.25) is 0 Å². The Hall–Kier alpha value is -1.66. The Balaban J connectivity index is 2.54. The Bertz CT molecular complexity index is 813. The van der Waals surface area contributed by atoms with E-state index in [9.17, 15) is 8.42 Å². The summed E-state index contributed by atoms with van der Waals surface area (Å²) in [5, 5.41) is 4.67. The molecule has 27 heavy (non-hydrogen) atoms. The van der Waals surface area contributed by atoms with Crippen molar-refractivity contribution in [2.24, 2.45) is 0 Å². The van der Waals surface area contributed by atoms with Gasteiger partial charge >= 0.3 is 0 Å². The van der Waals surface area contributed by atoms with E-state index < -0.39 is 10.0 Å². The maximum atomic E-state index is 13.5. The molecule has 0 bridgehead atoms. The van der Waals surface area contributed by atoms with Crippen LogP contribution in [0.4, 0.5) is 0 Å². The minimum atomic E-state index is -3.60. The lowest BCUT2D eigenvalue weighted by molar-refractivity contribution is 0.393. The highest BCUT2D eigenvalue weighted by Gasteiger charge is 2.33. The van der Waals surface area contributed by atoms with Gasteiger partial charge < -0.3 is 0 Å². The maximum Gasteiger partial charge on any atom is 0.246 e. The Morgan fingerprint density at radius 1 is 1.00 bits per heavy atom. The molecule has 0 atom stereocenters. The lowest BCUT2D eigenvalue weighted by atomic mass is 9.92. The number of hydrogen-bond donors (Lipinski definition) is 0. The minimum absolute atomic E-state index is 0.325. The first-order chi connectivity index (χ1) is 12.7. The van der Waals surface area contributed by atoms with Gasteiger partial charge in [0, 0.05) is 18.5 Å². The second kappa shape index (κ2) is 9.02. The van der Waals surface area contributed by atoms with Crippen molar-refractivity contribution in [2.45, 2.75) is 70.6 Å². The third-order valence-electron chi connectivity index (χ3n) is 4.55. The van der Waals surface area contributed by atoms with Crippen LogP contribution < -0.4 is 0 Å². The summed E-state index contributed by atoms with van der Waals surface area (Å²) in [6.45, 7) is 11.3. The minimum Gasteiger partial charge on any atom is -0.239 e. The van der Waals surface area contributed by atoms with Crippen molar-refractivity contribution in [1.29, 1.82) is 0 Å². The summed E-state index contributed by atoms with van der Waals surface area (Å²) in [7, 11) is -3.60. The highest BCUT2D eigenvalue weighted by Crippen LogP contribution is 2.31. The van der Waals surface area contributed by atoms with Crippen molar-refractivity contribution in [3.63, 3.8) is 0 Å². The SMILES string of the molecule is CCCCN(CCCC)S(=O)(=O)c1cn(-c2ccccc2)nc1C(C)(C)C. The molecule has 0 aliphatic heterocycles. The van der Waals surface area contributed by atoms with Crippen LogP contribution in [0.5, 0.6) is 0 Å². The second-order valence-electron chi connectivity index (χ2n) is 7.98. The van der Waals surface area contributed by atoms with Crippen LogP contribution in [0.15, 0.2) is 41.4 Å². The molecule has 1 aromatic heterocycles. The molecule has 0 aliphatic rings. The molecule has 150 valence electrons. The molecular weight excluding hydrogens is 358 g/mol. The van der Waals surface area contributed by atoms with Crippen LogP contribution in [0, 0.1) is 0 Å². The van der Waals surface area contributed by atoms with E-state index in [4.69, 9.17) is 0 Å². The fourth-order valence-corrected chi connectivity index (χ4v) is 4.78. The van der Waals surface area contributed by atoms with E-state index in [-0.39, 0.29) is 5.41 Å². The summed E-state index contributed by atoms with van der Waals surface area (Å²) in [5.74, 6) is 0. The maximum absolute atomic E-state index is 13.5. The smallest absolute Gasteiger partial charge is 0.239 e. The van der Waals surface area contributed by atoms with Crippen LogP contribution in [0.1, 0.15) is 66.0 Å². The average molecular weight is 392 g/mol. The van der Waals surface area contributed by atoms with Crippen molar-refractivity contribution < 1.29 is 8.42 Å². The number of sulfonamides is 1. The molecule has 0 unspecified atom stereocenters. The normalized spacial score (nSPS) is 12.7. The summed E-state index contributed by atoms with van der Waals surface area (Å²) in [6, 6.07) is 9.66. The lowest BCUT2D eigenvalue weighted by Gasteiger charge is -2.24. The Morgan fingerprint density at radius 3 is 2.04 bits per heavy atom. The Morgan fingerprint density at radius 2 is 1.56 bits per heavy atom. The van der Waals surface area contributed by atoms with E-state index in [1.54, 1.807) is 15.2 Å². The van der Waals surface area contributed by atoms with Gasteiger partial charge in [-0.05, 0) is 25.0 Å². The molecular formula is C21H33N3O2S. The molecule has 5 nitrogen and oxygen atoms in total. The molecule has 1 aromatic carbocycles. The number of rotatable bonds is 9. The predicted molar refractivity (Wildman–Crippen MR) is 111 cm³/mol. The van der Waals surface area contributed by atoms with Crippen LogP contribution in [-0.4, -0.2) is 35.6 Å². The summed E-state index contributed by atoms with van der Waals surface area (Å²) in [5.41, 5.74) is 1.10. The van der Waals surface area contributed by atoms with E-state index in [0.717, 1.165) is 31.4 Å². The van der Waals surface area contributed by atoms with Crippen LogP contribution in [0.2, 0.25) is 0 Å². The number of para-hydroxylation sites is 1. The molecule has 0 fully saturated rings. The third-order valence-corrected chi connectivity index (χ3v) is 6.45. The molecule has 2 rings (SSSR count). The van der Waals surface area contributed by atoms with E-state index in [1.807, 2.05) is 51.1 Å². The van der Waals surface area contributed by atoms with Gasteiger partial charge in [-0.25, -0.2) is 13.1 Å². The van der Waals surface area contributed by atoms with Gasteiger partial charge in [0.1, 0.15) is 4.90 Å². The number of hydrogen-bond acceptors (Lipinski definition) is 3. The van der Waals surface area contributed by atoms with Crippen LogP contribution in [0.3, 0.4) is 0 Å². The Labute approximate surface area is 164 Å². The molecule has 1 heterocycles. The van der Waals surface area contributed by atoms with Gasteiger partial charge in [0.25, 0.3) is 0 Å². The largest absolute Gasteiger partial charge is 0.246 e. The molecule has 6 heteroatoms. The standard InChI is InChI=1S/C21H33N3O2S/c1-6-8-15-23(16-9-7-2)27(25,26)19-17-24(18-13-11-10-12-14-18)22-20(19)21(3,4)5/h10-14,17H,6-9,15-16H2,1-5H3. The first-order valence-electron chi connectivity index (χ1n) is 9.87. The lowest BCUT2D eigenvalue weighted by Crippen LogP contribution is -2.34. The van der Waals surface area contributed by atoms with E-state index in [0.29, 0.717) is 23.7 Å². The zero-order valence-corrected chi connectivity index (χ0v) is 18.1. The summed E-state index contributed by atoms with van der Waals surface area (Å²) >= 11 is 0. The summed E-state index contributed by atoms with van der Waals surface area (Å²) in [4.78, 5) is 0.325. The number of nitrogens with zero attached hydrogens (tertiary/aromatic N) is 3. The number of unbranched alkanes of at least 4 members (excludes halogenated alkanes) is 2. The van der Waals surface area contributed by atoms with Crippen LogP contribution >= 0.6 is 0 Å². The highest BCUT2D eigenvalue weighted by molar-refractivity contribution is 7.89. The molecule has 0 saturated heterocycles. The monoisotopic (exact) mass is 391 g/mol. The first-order valence-corrected chi connectivity index (χ1v) is 11.3. The van der Waals surface area contributed by atoms with E-state index in [2.05, 4.69) is 18.9 Å². The van der Waals surface area contributed by atoms with Crippen LogP contribution in [0.25, 0.3) is 5.69 Å². The van der Waals surface area contributed by atoms with Gasteiger partial charge in [0.15, 0.2) is 0 Å². The predicted octanol–water partition coefficient (Wildman–Crippen LogP) is 4.76. The molecule has 0 amide bonds. The first kappa shape index (κ1) is 21.6. The van der Waals surface area contributed by atoms with Crippen molar-refractivity contribution in [1.82, 2.24) is 14.1 Å². The van der Waals surface area contributed by atoms with E-state index in [1.165, 1.54) is 0 Å². The second-order valence-corrected chi connectivity index (χ2v) is 9.89. The Kier molecular flexibility index (Phi) is 7.23. The number of benzene rings is 1. The average Bonchev–Trinajstić information content (AvgIpc) is 3.09. The molecule has 0 radical (unpaired) electrons. The van der Waals surface area contributed by atoms with Crippen LogP contribution in [-0.2, 0) is 15.4 Å². The van der Waals surface area contributed by atoms with Gasteiger partial charge in [0.2, 0.25) is 10.0 Å². The highest BCUT2D eigenvalue weighted by atomic mass is 32.2. The quantitative estimate of drug-likeness (QED) is 0.619. The van der Waals surface area contributed by atoms with Gasteiger partial charge in [-0.2, -0.15) is 9.40 Å². The fraction of sp³-hybridized carbons (Fsp3) is 0.571. The molecule has 0 aliphatic carbocycles. The van der Waals surface area contributed by atoms with Crippen molar-refractivity contribution in [3.05, 3.63) is 42.2 Å². The van der Waals surface area contributed by atoms with Gasteiger partial charge in [-0.15, -0.1) is 0 Å². The molecule has 0 N–H and O–H groups in total. The summed E-state index contributed by atoms with van der Waals surface area (Å²) in [6.07, 6.45) is 5.33. The van der Waals surface area contributed by atoms with Gasteiger partial charge in [0.05, 0.1) is 17.6 Å². The van der Waals surface area contributed by atoms with Crippen molar-refractivity contribution >= 4 is 10.0 Å². The zero-order valence-electron chi connectivity index (χ0n) is 17.3. The molecule has 0 spiro atoms. The zero-order chi connectivity index (χ0) is 20.1. The third kappa shape index (κ3) is 5.20. The van der Waals surface area contributed by atoms with Crippen molar-refractivity contribution in [2.75, 3.05) is 13.1 Å². The van der Waals surface area contributed by atoms with Crippen molar-refractivity contribution in [3.8, 4) is 5.69 Å². The van der Waals surface area contributed by atoms with E-state index >= 15 is 0 Å². The number of aromatic nitrogens is 2. The topological polar surface area (TPSA) is 55.2 Å².